The normalized spacial score (nSPS) is 10.7. The van der Waals surface area contributed by atoms with Crippen LogP contribution in [0.15, 0.2) is 12.1 Å². The van der Waals surface area contributed by atoms with Gasteiger partial charge in [-0.25, -0.2) is 4.39 Å². The summed E-state index contributed by atoms with van der Waals surface area (Å²) >= 11 is 0. The van der Waals surface area contributed by atoms with Crippen LogP contribution in [0.2, 0.25) is 0 Å². The molecule has 0 aliphatic heterocycles. The summed E-state index contributed by atoms with van der Waals surface area (Å²) in [5.41, 5.74) is -2.68. The summed E-state index contributed by atoms with van der Waals surface area (Å²) in [6, 6.07) is 2.71. The van der Waals surface area contributed by atoms with E-state index in [1.54, 1.807) is 5.32 Å². The number of nitrogens with one attached hydrogen (secondary N) is 1. The lowest BCUT2D eigenvalue weighted by Crippen LogP contribution is -2.11. The molecule has 0 unspecified atom stereocenters. The Morgan fingerprint density at radius 2 is 2.00 bits per heavy atom. The van der Waals surface area contributed by atoms with E-state index in [0.717, 1.165) is 6.07 Å². The standard InChI is InChI=1S/C9H4F4N2O/c10-7-6(9(11,12)13)2-1-5(3-14)8(7)15-4-16/h1-2,4H,(H,15,16). The van der Waals surface area contributed by atoms with Gasteiger partial charge in [-0.2, -0.15) is 18.4 Å². The Balaban J connectivity index is 3.44. The molecule has 84 valence electrons. The third-order valence-electron chi connectivity index (χ3n) is 1.77. The molecule has 0 spiro atoms. The maximum Gasteiger partial charge on any atom is 0.419 e. The van der Waals surface area contributed by atoms with Crippen LogP contribution in [-0.2, 0) is 11.0 Å². The minimum atomic E-state index is -4.88. The summed E-state index contributed by atoms with van der Waals surface area (Å²) in [7, 11) is 0. The Morgan fingerprint density at radius 3 is 2.44 bits per heavy atom. The number of hydrogen-bond donors (Lipinski definition) is 1. The summed E-state index contributed by atoms with van der Waals surface area (Å²) in [6.45, 7) is 0. The van der Waals surface area contributed by atoms with E-state index in [1.165, 1.54) is 6.07 Å². The molecular weight excluding hydrogens is 228 g/mol. The Hall–Kier alpha value is -2.10. The molecular formula is C9H4F4N2O. The molecule has 0 fully saturated rings. The zero-order chi connectivity index (χ0) is 12.3. The molecule has 0 saturated carbocycles. The lowest BCUT2D eigenvalue weighted by atomic mass is 10.1. The highest BCUT2D eigenvalue weighted by Crippen LogP contribution is 2.35. The van der Waals surface area contributed by atoms with E-state index in [2.05, 4.69) is 0 Å². The molecule has 1 amide bonds. The number of nitrogens with zero attached hydrogens (tertiary/aromatic N) is 1. The van der Waals surface area contributed by atoms with E-state index in [9.17, 15) is 22.4 Å². The van der Waals surface area contributed by atoms with Crippen LogP contribution in [0.4, 0.5) is 23.2 Å². The van der Waals surface area contributed by atoms with E-state index in [1.807, 2.05) is 0 Å². The van der Waals surface area contributed by atoms with Crippen molar-refractivity contribution >= 4 is 12.1 Å². The summed E-state index contributed by atoms with van der Waals surface area (Å²) in [5, 5.41) is 10.2. The maximum absolute atomic E-state index is 13.3. The van der Waals surface area contributed by atoms with Crippen molar-refractivity contribution in [3.8, 4) is 6.07 Å². The van der Waals surface area contributed by atoms with Gasteiger partial charge in [0.15, 0.2) is 5.82 Å². The minimum absolute atomic E-state index is 0.000588. The van der Waals surface area contributed by atoms with Gasteiger partial charge in [0.2, 0.25) is 6.41 Å². The molecule has 0 radical (unpaired) electrons. The Bertz CT molecular complexity index is 462. The number of anilines is 1. The molecule has 1 rings (SSSR count). The molecule has 16 heavy (non-hydrogen) atoms. The van der Waals surface area contributed by atoms with Gasteiger partial charge in [-0.05, 0) is 12.1 Å². The lowest BCUT2D eigenvalue weighted by Gasteiger charge is -2.11. The molecule has 1 aromatic rings. The molecule has 7 heteroatoms. The quantitative estimate of drug-likeness (QED) is 0.628. The summed E-state index contributed by atoms with van der Waals surface area (Å²) in [6.07, 6.45) is -4.88. The van der Waals surface area contributed by atoms with Crippen molar-refractivity contribution in [2.24, 2.45) is 0 Å². The fraction of sp³-hybridized carbons (Fsp3) is 0.111. The number of alkyl halides is 3. The van der Waals surface area contributed by atoms with Crippen molar-refractivity contribution in [1.82, 2.24) is 0 Å². The van der Waals surface area contributed by atoms with E-state index in [-0.39, 0.29) is 12.0 Å². The fourth-order valence-corrected chi connectivity index (χ4v) is 1.09. The van der Waals surface area contributed by atoms with Gasteiger partial charge < -0.3 is 5.32 Å². The Labute approximate surface area is 87.3 Å². The van der Waals surface area contributed by atoms with Crippen LogP contribution >= 0.6 is 0 Å². The Kier molecular flexibility index (Phi) is 3.13. The molecule has 0 atom stereocenters. The summed E-state index contributed by atoms with van der Waals surface area (Å²) in [4.78, 5) is 10.1. The average molecular weight is 232 g/mol. The van der Waals surface area contributed by atoms with Crippen molar-refractivity contribution in [3.05, 3.63) is 29.1 Å². The monoisotopic (exact) mass is 232 g/mol. The average Bonchev–Trinajstić information content (AvgIpc) is 2.19. The molecule has 1 aromatic carbocycles. The third-order valence-corrected chi connectivity index (χ3v) is 1.77. The van der Waals surface area contributed by atoms with Crippen LogP contribution in [0, 0.1) is 17.1 Å². The first kappa shape index (κ1) is 12.0. The molecule has 1 N–H and O–H groups in total. The van der Waals surface area contributed by atoms with E-state index < -0.39 is 23.2 Å². The van der Waals surface area contributed by atoms with Crippen molar-refractivity contribution in [2.45, 2.75) is 6.18 Å². The van der Waals surface area contributed by atoms with Gasteiger partial charge in [0.1, 0.15) is 6.07 Å². The van der Waals surface area contributed by atoms with Gasteiger partial charge in [-0.15, -0.1) is 0 Å². The molecule has 0 aliphatic carbocycles. The van der Waals surface area contributed by atoms with Gasteiger partial charge >= 0.3 is 6.18 Å². The van der Waals surface area contributed by atoms with E-state index in [4.69, 9.17) is 5.26 Å². The highest BCUT2D eigenvalue weighted by atomic mass is 19.4. The number of rotatable bonds is 2. The van der Waals surface area contributed by atoms with Crippen LogP contribution in [0.25, 0.3) is 0 Å². The second kappa shape index (κ2) is 4.18. The van der Waals surface area contributed by atoms with Gasteiger partial charge in [0.05, 0.1) is 16.8 Å². The SMILES string of the molecule is N#Cc1ccc(C(F)(F)F)c(F)c1NC=O. The molecule has 0 heterocycles. The van der Waals surface area contributed by atoms with Crippen molar-refractivity contribution in [1.29, 1.82) is 5.26 Å². The molecule has 0 bridgehead atoms. The van der Waals surface area contributed by atoms with Crippen LogP contribution in [-0.4, -0.2) is 6.41 Å². The topological polar surface area (TPSA) is 52.9 Å². The molecule has 0 aliphatic rings. The second-order valence-electron chi connectivity index (χ2n) is 2.72. The third kappa shape index (κ3) is 2.11. The largest absolute Gasteiger partial charge is 0.419 e. The number of carbonyl (C=O) groups excluding carboxylic acids is 1. The first-order chi connectivity index (χ1) is 7.41. The predicted molar refractivity (Wildman–Crippen MR) is 45.8 cm³/mol. The highest BCUT2D eigenvalue weighted by Gasteiger charge is 2.35. The summed E-state index contributed by atoms with van der Waals surface area (Å²) < 4.78 is 50.1. The van der Waals surface area contributed by atoms with E-state index in [0.29, 0.717) is 6.07 Å². The van der Waals surface area contributed by atoms with Crippen molar-refractivity contribution < 1.29 is 22.4 Å². The molecule has 0 aromatic heterocycles. The van der Waals surface area contributed by atoms with Gasteiger partial charge in [0, 0.05) is 0 Å². The molecule has 0 saturated heterocycles. The summed E-state index contributed by atoms with van der Waals surface area (Å²) in [5.74, 6) is -1.67. The van der Waals surface area contributed by atoms with Crippen LogP contribution in [0.3, 0.4) is 0 Å². The number of amides is 1. The Morgan fingerprint density at radius 1 is 1.38 bits per heavy atom. The fourth-order valence-electron chi connectivity index (χ4n) is 1.09. The number of hydrogen-bond acceptors (Lipinski definition) is 2. The lowest BCUT2D eigenvalue weighted by molar-refractivity contribution is -0.139. The smallest absolute Gasteiger partial charge is 0.325 e. The highest BCUT2D eigenvalue weighted by molar-refractivity contribution is 5.76. The first-order valence-corrected chi connectivity index (χ1v) is 3.91. The van der Waals surface area contributed by atoms with Crippen molar-refractivity contribution in [2.75, 3.05) is 5.32 Å². The van der Waals surface area contributed by atoms with Crippen LogP contribution in [0.5, 0.6) is 0 Å². The zero-order valence-corrected chi connectivity index (χ0v) is 7.60. The van der Waals surface area contributed by atoms with Crippen LogP contribution < -0.4 is 5.32 Å². The van der Waals surface area contributed by atoms with Crippen molar-refractivity contribution in [3.63, 3.8) is 0 Å². The zero-order valence-electron chi connectivity index (χ0n) is 7.60. The van der Waals surface area contributed by atoms with Gasteiger partial charge in [-0.3, -0.25) is 4.79 Å². The first-order valence-electron chi connectivity index (χ1n) is 3.91. The number of benzene rings is 1. The minimum Gasteiger partial charge on any atom is -0.325 e. The maximum atomic E-state index is 13.3. The molecule has 3 nitrogen and oxygen atoms in total. The van der Waals surface area contributed by atoms with Gasteiger partial charge in [0.25, 0.3) is 0 Å². The van der Waals surface area contributed by atoms with E-state index >= 15 is 0 Å². The predicted octanol–water partition coefficient (Wildman–Crippen LogP) is 2.28. The number of nitriles is 1. The van der Waals surface area contributed by atoms with Gasteiger partial charge in [-0.1, -0.05) is 0 Å². The van der Waals surface area contributed by atoms with Crippen LogP contribution in [0.1, 0.15) is 11.1 Å². The second-order valence-corrected chi connectivity index (χ2v) is 2.72. The number of carbonyl (C=O) groups is 1. The number of halogens is 4.